The van der Waals surface area contributed by atoms with E-state index in [0.29, 0.717) is 0 Å². The molecule has 0 atom stereocenters. The molecule has 0 saturated heterocycles. The topological polar surface area (TPSA) is 41.3 Å². The van der Waals surface area contributed by atoms with Gasteiger partial charge in [0.05, 0.1) is 5.69 Å². The molecule has 0 radical (unpaired) electrons. The van der Waals surface area contributed by atoms with E-state index in [9.17, 15) is 0 Å². The number of nitrogens with zero attached hydrogens (tertiary/aromatic N) is 1. The average Bonchev–Trinajstić information content (AvgIpc) is 3.06. The van der Waals surface area contributed by atoms with Crippen molar-refractivity contribution in [3.05, 3.63) is 108 Å². The quantitative estimate of drug-likeness (QED) is 0.503. The van der Waals surface area contributed by atoms with E-state index in [1.165, 1.54) is 16.9 Å². The SMILES string of the molecule is C=C(/C=C1\Cc2ccccc2N1c1ccccc1)c1ccccc1NN. The summed E-state index contributed by atoms with van der Waals surface area (Å²) in [6, 6.07) is 26.9. The van der Waals surface area contributed by atoms with Gasteiger partial charge in [0.1, 0.15) is 0 Å². The first-order valence-corrected chi connectivity index (χ1v) is 8.66. The van der Waals surface area contributed by atoms with Crippen molar-refractivity contribution in [2.45, 2.75) is 6.42 Å². The number of rotatable bonds is 4. The minimum Gasteiger partial charge on any atom is -0.324 e. The molecule has 0 saturated carbocycles. The van der Waals surface area contributed by atoms with Crippen LogP contribution in [-0.2, 0) is 6.42 Å². The van der Waals surface area contributed by atoms with Crippen LogP contribution in [0.1, 0.15) is 11.1 Å². The minimum atomic E-state index is 0.871. The first-order chi connectivity index (χ1) is 12.8. The third kappa shape index (κ3) is 2.89. The molecule has 0 bridgehead atoms. The van der Waals surface area contributed by atoms with E-state index in [1.807, 2.05) is 30.3 Å². The summed E-state index contributed by atoms with van der Waals surface area (Å²) >= 11 is 0. The fourth-order valence-corrected chi connectivity index (χ4v) is 3.47. The highest BCUT2D eigenvalue weighted by Crippen LogP contribution is 2.41. The van der Waals surface area contributed by atoms with Crippen LogP contribution in [0.3, 0.4) is 0 Å². The highest BCUT2D eigenvalue weighted by atomic mass is 15.2. The summed E-state index contributed by atoms with van der Waals surface area (Å²) in [7, 11) is 0. The van der Waals surface area contributed by atoms with Crippen LogP contribution in [0.2, 0.25) is 0 Å². The number of benzene rings is 3. The van der Waals surface area contributed by atoms with E-state index in [4.69, 9.17) is 5.84 Å². The molecule has 26 heavy (non-hydrogen) atoms. The van der Waals surface area contributed by atoms with E-state index >= 15 is 0 Å². The van der Waals surface area contributed by atoms with Gasteiger partial charge in [-0.05, 0) is 41.5 Å². The van der Waals surface area contributed by atoms with Crippen molar-refractivity contribution in [1.29, 1.82) is 0 Å². The van der Waals surface area contributed by atoms with Gasteiger partial charge in [0.25, 0.3) is 0 Å². The molecule has 0 spiro atoms. The van der Waals surface area contributed by atoms with E-state index in [2.05, 4.69) is 71.5 Å². The van der Waals surface area contributed by atoms with E-state index < -0.39 is 0 Å². The first-order valence-electron chi connectivity index (χ1n) is 8.66. The standard InChI is InChI=1S/C23H21N3/c1-17(21-12-6-7-13-22(21)25-24)15-20-16-18-9-5-8-14-23(18)26(20)19-10-3-2-4-11-19/h2-15,25H,1,16,24H2/b20-15+. The van der Waals surface area contributed by atoms with Crippen molar-refractivity contribution in [2.24, 2.45) is 5.84 Å². The van der Waals surface area contributed by atoms with Gasteiger partial charge in [-0.2, -0.15) is 0 Å². The van der Waals surface area contributed by atoms with Gasteiger partial charge in [0.15, 0.2) is 0 Å². The van der Waals surface area contributed by atoms with Crippen LogP contribution >= 0.6 is 0 Å². The third-order valence-electron chi connectivity index (χ3n) is 4.68. The van der Waals surface area contributed by atoms with Gasteiger partial charge in [-0.3, -0.25) is 5.84 Å². The number of fused-ring (bicyclic) bond motifs is 1. The summed E-state index contributed by atoms with van der Waals surface area (Å²) in [6.45, 7) is 4.29. The van der Waals surface area contributed by atoms with Crippen LogP contribution < -0.4 is 16.2 Å². The molecule has 3 aromatic carbocycles. The lowest BCUT2D eigenvalue weighted by Crippen LogP contribution is -2.12. The lowest BCUT2D eigenvalue weighted by atomic mass is 10.0. The largest absolute Gasteiger partial charge is 0.324 e. The number of nitrogen functional groups attached to an aromatic ring is 1. The van der Waals surface area contributed by atoms with Crippen LogP contribution in [0.15, 0.2) is 97.2 Å². The molecule has 0 unspecified atom stereocenters. The Balaban J connectivity index is 1.78. The molecule has 3 aromatic rings. The van der Waals surface area contributed by atoms with Gasteiger partial charge in [-0.1, -0.05) is 61.2 Å². The zero-order valence-corrected chi connectivity index (χ0v) is 14.5. The number of anilines is 3. The summed E-state index contributed by atoms with van der Waals surface area (Å²) in [5.41, 5.74) is 10.5. The second-order valence-electron chi connectivity index (χ2n) is 6.33. The Labute approximate surface area is 154 Å². The highest BCUT2D eigenvalue weighted by molar-refractivity contribution is 5.84. The molecule has 1 aliphatic rings. The summed E-state index contributed by atoms with van der Waals surface area (Å²) in [5, 5.41) is 0. The minimum absolute atomic E-state index is 0.871. The van der Waals surface area contributed by atoms with Crippen molar-refractivity contribution in [3.8, 4) is 0 Å². The Morgan fingerprint density at radius 3 is 2.42 bits per heavy atom. The van der Waals surface area contributed by atoms with E-state index in [0.717, 1.165) is 28.9 Å². The number of para-hydroxylation sites is 3. The molecule has 1 aliphatic heterocycles. The Kier molecular flexibility index (Phi) is 4.30. The van der Waals surface area contributed by atoms with E-state index in [1.54, 1.807) is 0 Å². The number of nitrogens with two attached hydrogens (primary N) is 1. The van der Waals surface area contributed by atoms with Crippen LogP contribution in [0, 0.1) is 0 Å². The van der Waals surface area contributed by atoms with Crippen molar-refractivity contribution >= 4 is 22.6 Å². The van der Waals surface area contributed by atoms with Crippen LogP contribution in [-0.4, -0.2) is 0 Å². The van der Waals surface area contributed by atoms with Gasteiger partial charge < -0.3 is 10.3 Å². The number of nitrogens with one attached hydrogen (secondary N) is 1. The maximum Gasteiger partial charge on any atom is 0.0563 e. The maximum atomic E-state index is 5.66. The predicted molar refractivity (Wildman–Crippen MR) is 110 cm³/mol. The summed E-state index contributed by atoms with van der Waals surface area (Å²) < 4.78 is 0. The van der Waals surface area contributed by atoms with Crippen LogP contribution in [0.5, 0.6) is 0 Å². The zero-order chi connectivity index (χ0) is 17.9. The predicted octanol–water partition coefficient (Wildman–Crippen LogP) is 5.26. The lowest BCUT2D eigenvalue weighted by molar-refractivity contribution is 1.15. The molecular weight excluding hydrogens is 318 g/mol. The fraction of sp³-hybridized carbons (Fsp3) is 0.0435. The highest BCUT2D eigenvalue weighted by Gasteiger charge is 2.25. The molecule has 128 valence electrons. The molecule has 0 aliphatic carbocycles. The Bertz CT molecular complexity index is 974. The average molecular weight is 339 g/mol. The van der Waals surface area contributed by atoms with Crippen molar-refractivity contribution in [3.63, 3.8) is 0 Å². The molecule has 1 heterocycles. The third-order valence-corrected chi connectivity index (χ3v) is 4.68. The molecule has 0 fully saturated rings. The molecule has 3 heteroatoms. The number of hydrogen-bond donors (Lipinski definition) is 2. The first kappa shape index (κ1) is 16.2. The van der Waals surface area contributed by atoms with Gasteiger partial charge in [-0.15, -0.1) is 0 Å². The Hall–Kier alpha value is -3.30. The van der Waals surface area contributed by atoms with Gasteiger partial charge in [-0.25, -0.2) is 0 Å². The lowest BCUT2D eigenvalue weighted by Gasteiger charge is -2.22. The molecule has 3 N–H and O–H groups in total. The Morgan fingerprint density at radius 2 is 1.62 bits per heavy atom. The van der Waals surface area contributed by atoms with E-state index in [-0.39, 0.29) is 0 Å². The second-order valence-corrected chi connectivity index (χ2v) is 6.33. The van der Waals surface area contributed by atoms with Crippen LogP contribution in [0.4, 0.5) is 17.1 Å². The van der Waals surface area contributed by atoms with Crippen molar-refractivity contribution < 1.29 is 0 Å². The summed E-state index contributed by atoms with van der Waals surface area (Å²) in [5.74, 6) is 5.66. The molecule has 4 rings (SSSR count). The molecular formula is C23H21N3. The molecule has 3 nitrogen and oxygen atoms in total. The van der Waals surface area contributed by atoms with Crippen molar-refractivity contribution in [1.82, 2.24) is 0 Å². The molecule has 0 aromatic heterocycles. The molecule has 0 amide bonds. The number of hydrazine groups is 1. The zero-order valence-electron chi connectivity index (χ0n) is 14.5. The fourth-order valence-electron chi connectivity index (χ4n) is 3.47. The normalized spacial score (nSPS) is 14.3. The monoisotopic (exact) mass is 339 g/mol. The maximum absolute atomic E-state index is 5.66. The van der Waals surface area contributed by atoms with Crippen LogP contribution in [0.25, 0.3) is 5.57 Å². The van der Waals surface area contributed by atoms with Crippen molar-refractivity contribution in [2.75, 3.05) is 10.3 Å². The number of hydrogen-bond acceptors (Lipinski definition) is 3. The number of allylic oxidation sites excluding steroid dienone is 3. The summed E-state index contributed by atoms with van der Waals surface area (Å²) in [6.07, 6.45) is 3.03. The van der Waals surface area contributed by atoms with Gasteiger partial charge in [0, 0.05) is 29.1 Å². The smallest absolute Gasteiger partial charge is 0.0563 e. The van der Waals surface area contributed by atoms with Gasteiger partial charge >= 0.3 is 0 Å². The summed E-state index contributed by atoms with van der Waals surface area (Å²) in [4.78, 5) is 2.30. The Morgan fingerprint density at radius 1 is 0.923 bits per heavy atom. The second kappa shape index (κ2) is 6.90. The van der Waals surface area contributed by atoms with Gasteiger partial charge in [0.2, 0.25) is 0 Å².